The standard InChI is InChI=1S/C24H18Br2N2/c1-15-14-21(26)16(2)13-20(15)19-10-11-23(22-5-3-4-12-27-22)28-24(19)17-6-8-18(25)9-7-17/h3-14H,1-2H3. The first kappa shape index (κ1) is 19.0. The Hall–Kier alpha value is -2.30. The lowest BCUT2D eigenvalue weighted by Gasteiger charge is -2.15. The molecule has 28 heavy (non-hydrogen) atoms. The second-order valence-electron chi connectivity index (χ2n) is 6.73. The second kappa shape index (κ2) is 7.98. The van der Waals surface area contributed by atoms with Crippen LogP contribution in [0.25, 0.3) is 33.8 Å². The summed E-state index contributed by atoms with van der Waals surface area (Å²) >= 11 is 7.16. The molecule has 4 rings (SSSR count). The van der Waals surface area contributed by atoms with Gasteiger partial charge in [0, 0.05) is 26.3 Å². The maximum absolute atomic E-state index is 5.02. The van der Waals surface area contributed by atoms with E-state index in [1.807, 2.05) is 30.3 Å². The predicted octanol–water partition coefficient (Wildman–Crippen LogP) is 7.62. The second-order valence-corrected chi connectivity index (χ2v) is 8.50. The van der Waals surface area contributed by atoms with E-state index in [9.17, 15) is 0 Å². The van der Waals surface area contributed by atoms with Crippen LogP contribution in [0.15, 0.2) is 81.9 Å². The van der Waals surface area contributed by atoms with Crippen LogP contribution in [0, 0.1) is 13.8 Å². The lowest BCUT2D eigenvalue weighted by molar-refractivity contribution is 1.24. The molecule has 2 heterocycles. The molecule has 138 valence electrons. The first-order chi connectivity index (χ1) is 13.5. The Morgan fingerprint density at radius 1 is 0.714 bits per heavy atom. The summed E-state index contributed by atoms with van der Waals surface area (Å²) in [5.74, 6) is 0. The molecule has 0 radical (unpaired) electrons. The zero-order chi connectivity index (χ0) is 19.7. The molecule has 2 aromatic carbocycles. The van der Waals surface area contributed by atoms with Crippen molar-refractivity contribution in [2.24, 2.45) is 0 Å². The number of hydrogen-bond donors (Lipinski definition) is 0. The molecule has 0 N–H and O–H groups in total. The Morgan fingerprint density at radius 2 is 1.50 bits per heavy atom. The number of benzene rings is 2. The van der Waals surface area contributed by atoms with E-state index < -0.39 is 0 Å². The lowest BCUT2D eigenvalue weighted by atomic mass is 9.94. The molecule has 0 aliphatic rings. The predicted molar refractivity (Wildman–Crippen MR) is 123 cm³/mol. The van der Waals surface area contributed by atoms with Crippen molar-refractivity contribution in [2.75, 3.05) is 0 Å². The molecule has 0 spiro atoms. The molecule has 0 aliphatic carbocycles. The summed E-state index contributed by atoms with van der Waals surface area (Å²) in [4.78, 5) is 9.49. The third-order valence-corrected chi connectivity index (χ3v) is 6.12. The maximum Gasteiger partial charge on any atom is 0.0894 e. The highest BCUT2D eigenvalue weighted by Gasteiger charge is 2.15. The Kier molecular flexibility index (Phi) is 5.42. The van der Waals surface area contributed by atoms with Crippen LogP contribution >= 0.6 is 31.9 Å². The average Bonchev–Trinajstić information content (AvgIpc) is 2.72. The number of rotatable bonds is 3. The van der Waals surface area contributed by atoms with Gasteiger partial charge in [-0.25, -0.2) is 4.98 Å². The topological polar surface area (TPSA) is 25.8 Å². The molecule has 4 aromatic rings. The van der Waals surface area contributed by atoms with Gasteiger partial charge in [-0.2, -0.15) is 0 Å². The van der Waals surface area contributed by atoms with Gasteiger partial charge in [-0.05, 0) is 79.1 Å². The summed E-state index contributed by atoms with van der Waals surface area (Å²) in [6.45, 7) is 4.25. The molecule has 0 saturated carbocycles. The van der Waals surface area contributed by atoms with E-state index in [2.05, 4.69) is 87.1 Å². The summed E-state index contributed by atoms with van der Waals surface area (Å²) in [5.41, 5.74) is 8.51. The fourth-order valence-corrected chi connectivity index (χ4v) is 3.95. The van der Waals surface area contributed by atoms with Crippen LogP contribution in [0.4, 0.5) is 0 Å². The molecular formula is C24H18Br2N2. The van der Waals surface area contributed by atoms with Gasteiger partial charge in [-0.3, -0.25) is 4.98 Å². The van der Waals surface area contributed by atoms with Crippen molar-refractivity contribution >= 4 is 31.9 Å². The first-order valence-corrected chi connectivity index (χ1v) is 10.6. The Balaban J connectivity index is 1.96. The Labute approximate surface area is 182 Å². The van der Waals surface area contributed by atoms with Crippen molar-refractivity contribution < 1.29 is 0 Å². The van der Waals surface area contributed by atoms with Gasteiger partial charge in [0.1, 0.15) is 0 Å². The van der Waals surface area contributed by atoms with E-state index in [0.717, 1.165) is 37.2 Å². The molecule has 0 fully saturated rings. The molecular weight excluding hydrogens is 476 g/mol. The van der Waals surface area contributed by atoms with E-state index in [0.29, 0.717) is 0 Å². The van der Waals surface area contributed by atoms with E-state index in [1.54, 1.807) is 6.20 Å². The Morgan fingerprint density at radius 3 is 2.21 bits per heavy atom. The van der Waals surface area contributed by atoms with Crippen molar-refractivity contribution in [1.82, 2.24) is 9.97 Å². The highest BCUT2D eigenvalue weighted by atomic mass is 79.9. The largest absolute Gasteiger partial charge is 0.255 e. The van der Waals surface area contributed by atoms with E-state index >= 15 is 0 Å². The van der Waals surface area contributed by atoms with Gasteiger partial charge < -0.3 is 0 Å². The number of nitrogens with zero attached hydrogens (tertiary/aromatic N) is 2. The fourth-order valence-electron chi connectivity index (χ4n) is 3.23. The zero-order valence-electron chi connectivity index (χ0n) is 15.6. The number of hydrogen-bond acceptors (Lipinski definition) is 2. The lowest BCUT2D eigenvalue weighted by Crippen LogP contribution is -1.96. The smallest absolute Gasteiger partial charge is 0.0894 e. The molecule has 4 heteroatoms. The van der Waals surface area contributed by atoms with Crippen molar-refractivity contribution in [1.29, 1.82) is 0 Å². The number of aromatic nitrogens is 2. The minimum Gasteiger partial charge on any atom is -0.255 e. The molecule has 0 unspecified atom stereocenters. The average molecular weight is 494 g/mol. The highest BCUT2D eigenvalue weighted by molar-refractivity contribution is 9.10. The molecule has 2 aromatic heterocycles. The van der Waals surface area contributed by atoms with Gasteiger partial charge >= 0.3 is 0 Å². The van der Waals surface area contributed by atoms with Gasteiger partial charge in [0.15, 0.2) is 0 Å². The maximum atomic E-state index is 5.02. The van der Waals surface area contributed by atoms with Gasteiger partial charge in [-0.1, -0.05) is 50.1 Å². The Bertz CT molecular complexity index is 1140. The number of aryl methyl sites for hydroxylation is 2. The quantitative estimate of drug-likeness (QED) is 0.293. The van der Waals surface area contributed by atoms with Crippen LogP contribution in [0.2, 0.25) is 0 Å². The van der Waals surface area contributed by atoms with Gasteiger partial charge in [0.2, 0.25) is 0 Å². The van der Waals surface area contributed by atoms with Gasteiger partial charge in [-0.15, -0.1) is 0 Å². The molecule has 0 aliphatic heterocycles. The summed E-state index contributed by atoms with van der Waals surface area (Å²) in [7, 11) is 0. The minimum absolute atomic E-state index is 0.869. The van der Waals surface area contributed by atoms with Crippen LogP contribution < -0.4 is 0 Å². The van der Waals surface area contributed by atoms with E-state index in [-0.39, 0.29) is 0 Å². The fraction of sp³-hybridized carbons (Fsp3) is 0.0833. The minimum atomic E-state index is 0.869. The molecule has 0 atom stereocenters. The number of halogens is 2. The summed E-state index contributed by atoms with van der Waals surface area (Å²) in [6, 6.07) is 22.8. The highest BCUT2D eigenvalue weighted by Crippen LogP contribution is 2.36. The molecule has 0 bridgehead atoms. The summed E-state index contributed by atoms with van der Waals surface area (Å²) < 4.78 is 2.17. The first-order valence-electron chi connectivity index (χ1n) is 8.98. The van der Waals surface area contributed by atoms with Gasteiger partial charge in [0.25, 0.3) is 0 Å². The monoisotopic (exact) mass is 492 g/mol. The summed E-state index contributed by atoms with van der Waals surface area (Å²) in [5, 5.41) is 0. The van der Waals surface area contributed by atoms with Gasteiger partial charge in [0.05, 0.1) is 17.1 Å². The SMILES string of the molecule is Cc1cc(-c2ccc(-c3ccccn3)nc2-c2ccc(Br)cc2)c(C)cc1Br. The molecule has 0 amide bonds. The number of pyridine rings is 2. The van der Waals surface area contributed by atoms with Crippen LogP contribution in [0.1, 0.15) is 11.1 Å². The van der Waals surface area contributed by atoms with Crippen LogP contribution in [-0.2, 0) is 0 Å². The molecule has 2 nitrogen and oxygen atoms in total. The van der Waals surface area contributed by atoms with Crippen molar-refractivity contribution in [3.63, 3.8) is 0 Å². The normalized spacial score (nSPS) is 10.9. The third-order valence-electron chi connectivity index (χ3n) is 4.74. The van der Waals surface area contributed by atoms with Crippen LogP contribution in [-0.4, -0.2) is 9.97 Å². The van der Waals surface area contributed by atoms with Crippen molar-refractivity contribution in [2.45, 2.75) is 13.8 Å². The zero-order valence-corrected chi connectivity index (χ0v) is 18.8. The van der Waals surface area contributed by atoms with Crippen molar-refractivity contribution in [3.05, 3.63) is 93.0 Å². The molecule has 0 saturated heterocycles. The van der Waals surface area contributed by atoms with Crippen LogP contribution in [0.5, 0.6) is 0 Å². The summed E-state index contributed by atoms with van der Waals surface area (Å²) in [6.07, 6.45) is 1.80. The van der Waals surface area contributed by atoms with E-state index in [4.69, 9.17) is 4.98 Å². The van der Waals surface area contributed by atoms with Crippen molar-refractivity contribution in [3.8, 4) is 33.8 Å². The third kappa shape index (κ3) is 3.80. The van der Waals surface area contributed by atoms with Crippen LogP contribution in [0.3, 0.4) is 0 Å². The van der Waals surface area contributed by atoms with E-state index in [1.165, 1.54) is 16.7 Å².